The van der Waals surface area contributed by atoms with E-state index in [1.165, 1.54) is 12.1 Å². The Bertz CT molecular complexity index is 514. The molecule has 1 rings (SSSR count). The molecule has 0 unspecified atom stereocenters. The lowest BCUT2D eigenvalue weighted by atomic mass is 10.0. The Morgan fingerprint density at radius 2 is 1.80 bits per heavy atom. The topological polar surface area (TPSA) is 71.4 Å². The number of carboxylic acid groups (broad SMARTS) is 1. The number of carboxylic acids is 1. The van der Waals surface area contributed by atoms with Gasteiger partial charge in [0.25, 0.3) is 0 Å². The van der Waals surface area contributed by atoms with Crippen molar-refractivity contribution in [3.63, 3.8) is 0 Å². The maximum atomic E-state index is 11.3. The van der Waals surface area contributed by atoms with Crippen molar-refractivity contribution in [2.45, 2.75) is 18.7 Å². The minimum Gasteiger partial charge on any atom is -0.478 e. The zero-order chi connectivity index (χ0) is 11.8. The van der Waals surface area contributed by atoms with Crippen LogP contribution in [0.4, 0.5) is 0 Å². The fourth-order valence-electron chi connectivity index (χ4n) is 1.26. The molecule has 0 aliphatic carbocycles. The second-order valence-electron chi connectivity index (χ2n) is 3.49. The molecule has 0 aliphatic rings. The Hall–Kier alpha value is -1.36. The summed E-state index contributed by atoms with van der Waals surface area (Å²) in [5.41, 5.74) is 1.29. The summed E-state index contributed by atoms with van der Waals surface area (Å²) in [5.74, 6) is -1.11. The zero-order valence-corrected chi connectivity index (χ0v) is 9.55. The van der Waals surface area contributed by atoms with Crippen molar-refractivity contribution in [1.29, 1.82) is 0 Å². The van der Waals surface area contributed by atoms with Gasteiger partial charge in [-0.15, -0.1) is 0 Å². The van der Waals surface area contributed by atoms with Crippen LogP contribution in [0.15, 0.2) is 17.0 Å². The van der Waals surface area contributed by atoms with Crippen LogP contribution >= 0.6 is 0 Å². The van der Waals surface area contributed by atoms with Gasteiger partial charge < -0.3 is 5.11 Å². The summed E-state index contributed by atoms with van der Waals surface area (Å²) in [7, 11) is -3.36. The standard InChI is InChI=1S/C10H12O4S/c1-6-4-8(15(3,13)14)5-9(7(6)2)10(11)12/h4-5H,1-3H3,(H,11,12). The predicted octanol–water partition coefficient (Wildman–Crippen LogP) is 1.41. The minimum atomic E-state index is -3.36. The average molecular weight is 228 g/mol. The van der Waals surface area contributed by atoms with E-state index in [1.807, 2.05) is 0 Å². The quantitative estimate of drug-likeness (QED) is 0.830. The van der Waals surface area contributed by atoms with Gasteiger partial charge in [-0.2, -0.15) is 0 Å². The first-order valence-corrected chi connectivity index (χ1v) is 6.17. The van der Waals surface area contributed by atoms with Crippen LogP contribution in [0.5, 0.6) is 0 Å². The van der Waals surface area contributed by atoms with Crippen LogP contribution in [0.1, 0.15) is 21.5 Å². The summed E-state index contributed by atoms with van der Waals surface area (Å²) in [5, 5.41) is 8.89. The Morgan fingerprint density at radius 1 is 1.27 bits per heavy atom. The number of rotatable bonds is 2. The van der Waals surface area contributed by atoms with Gasteiger partial charge in [-0.25, -0.2) is 13.2 Å². The first kappa shape index (κ1) is 11.7. The number of hydrogen-bond acceptors (Lipinski definition) is 3. The van der Waals surface area contributed by atoms with Gasteiger partial charge in [0.05, 0.1) is 10.5 Å². The predicted molar refractivity (Wildman–Crippen MR) is 56.0 cm³/mol. The number of aryl methyl sites for hydroxylation is 1. The van der Waals surface area contributed by atoms with Gasteiger partial charge >= 0.3 is 5.97 Å². The number of sulfone groups is 1. The summed E-state index contributed by atoms with van der Waals surface area (Å²) < 4.78 is 22.6. The lowest BCUT2D eigenvalue weighted by molar-refractivity contribution is 0.0695. The summed E-state index contributed by atoms with van der Waals surface area (Å²) in [6, 6.07) is 2.68. The third-order valence-electron chi connectivity index (χ3n) is 2.30. The number of benzene rings is 1. The lowest BCUT2D eigenvalue weighted by Crippen LogP contribution is -2.06. The van der Waals surface area contributed by atoms with Crippen LogP contribution in [-0.2, 0) is 9.84 Å². The van der Waals surface area contributed by atoms with Crippen molar-refractivity contribution < 1.29 is 18.3 Å². The highest BCUT2D eigenvalue weighted by molar-refractivity contribution is 7.90. The molecule has 0 aliphatic heterocycles. The molecule has 5 heteroatoms. The van der Waals surface area contributed by atoms with Crippen molar-refractivity contribution in [2.24, 2.45) is 0 Å². The number of aromatic carboxylic acids is 1. The summed E-state index contributed by atoms with van der Waals surface area (Å²) in [4.78, 5) is 10.9. The molecule has 0 saturated carbocycles. The van der Waals surface area contributed by atoms with Crippen molar-refractivity contribution in [1.82, 2.24) is 0 Å². The third kappa shape index (κ3) is 2.36. The molecule has 15 heavy (non-hydrogen) atoms. The van der Waals surface area contributed by atoms with Crippen LogP contribution in [0.2, 0.25) is 0 Å². The average Bonchev–Trinajstić information content (AvgIpc) is 2.06. The molecule has 0 spiro atoms. The van der Waals surface area contributed by atoms with E-state index in [4.69, 9.17) is 5.11 Å². The Morgan fingerprint density at radius 3 is 2.20 bits per heavy atom. The van der Waals surface area contributed by atoms with Gasteiger partial charge in [0, 0.05) is 6.26 Å². The summed E-state index contributed by atoms with van der Waals surface area (Å²) in [6.07, 6.45) is 1.06. The SMILES string of the molecule is Cc1cc(S(C)(=O)=O)cc(C(=O)O)c1C. The molecular weight excluding hydrogens is 216 g/mol. The van der Waals surface area contributed by atoms with Crippen LogP contribution in [-0.4, -0.2) is 25.7 Å². The first-order valence-electron chi connectivity index (χ1n) is 4.28. The van der Waals surface area contributed by atoms with Crippen LogP contribution < -0.4 is 0 Å². The lowest BCUT2D eigenvalue weighted by Gasteiger charge is -2.07. The van der Waals surface area contributed by atoms with E-state index in [9.17, 15) is 13.2 Å². The van der Waals surface area contributed by atoms with E-state index < -0.39 is 15.8 Å². The molecule has 1 aromatic carbocycles. The number of carbonyl (C=O) groups is 1. The Labute approximate surface area is 88.5 Å². The molecule has 0 amide bonds. The molecule has 0 bridgehead atoms. The smallest absolute Gasteiger partial charge is 0.336 e. The highest BCUT2D eigenvalue weighted by atomic mass is 32.2. The van der Waals surface area contributed by atoms with Gasteiger partial charge in [-0.05, 0) is 37.1 Å². The molecule has 1 N–H and O–H groups in total. The van der Waals surface area contributed by atoms with E-state index in [2.05, 4.69) is 0 Å². The molecule has 0 radical (unpaired) electrons. The van der Waals surface area contributed by atoms with Gasteiger partial charge in [0.2, 0.25) is 0 Å². The molecule has 4 nitrogen and oxygen atoms in total. The fourth-order valence-corrected chi connectivity index (χ4v) is 1.99. The largest absolute Gasteiger partial charge is 0.478 e. The molecular formula is C10H12O4S. The van der Waals surface area contributed by atoms with E-state index in [0.29, 0.717) is 11.1 Å². The molecule has 1 aromatic rings. The van der Waals surface area contributed by atoms with Crippen molar-refractivity contribution >= 4 is 15.8 Å². The second-order valence-corrected chi connectivity index (χ2v) is 5.51. The minimum absolute atomic E-state index is 0.0374. The van der Waals surface area contributed by atoms with E-state index in [1.54, 1.807) is 13.8 Å². The zero-order valence-electron chi connectivity index (χ0n) is 8.73. The normalized spacial score (nSPS) is 11.4. The molecule has 82 valence electrons. The summed E-state index contributed by atoms with van der Waals surface area (Å²) in [6.45, 7) is 3.35. The maximum absolute atomic E-state index is 11.3. The molecule has 0 aromatic heterocycles. The highest BCUT2D eigenvalue weighted by Gasteiger charge is 2.15. The van der Waals surface area contributed by atoms with Crippen molar-refractivity contribution in [3.8, 4) is 0 Å². The highest BCUT2D eigenvalue weighted by Crippen LogP contribution is 2.19. The van der Waals surface area contributed by atoms with E-state index >= 15 is 0 Å². The second kappa shape index (κ2) is 3.66. The van der Waals surface area contributed by atoms with Gasteiger partial charge in [0.1, 0.15) is 0 Å². The molecule has 0 atom stereocenters. The van der Waals surface area contributed by atoms with Gasteiger partial charge in [0.15, 0.2) is 9.84 Å². The first-order chi connectivity index (χ1) is 6.73. The molecule has 0 fully saturated rings. The maximum Gasteiger partial charge on any atom is 0.336 e. The van der Waals surface area contributed by atoms with Crippen LogP contribution in [0, 0.1) is 13.8 Å². The number of hydrogen-bond donors (Lipinski definition) is 1. The van der Waals surface area contributed by atoms with Crippen LogP contribution in [0.3, 0.4) is 0 Å². The summed E-state index contributed by atoms with van der Waals surface area (Å²) >= 11 is 0. The molecule has 0 saturated heterocycles. The van der Waals surface area contributed by atoms with Gasteiger partial charge in [-0.3, -0.25) is 0 Å². The van der Waals surface area contributed by atoms with Gasteiger partial charge in [-0.1, -0.05) is 0 Å². The Kier molecular flexibility index (Phi) is 2.86. The molecule has 0 heterocycles. The monoisotopic (exact) mass is 228 g/mol. The van der Waals surface area contributed by atoms with E-state index in [0.717, 1.165) is 6.26 Å². The van der Waals surface area contributed by atoms with E-state index in [-0.39, 0.29) is 10.5 Å². The fraction of sp³-hybridized carbons (Fsp3) is 0.300. The Balaban J connectivity index is 3.57. The van der Waals surface area contributed by atoms with Crippen LogP contribution in [0.25, 0.3) is 0 Å². The third-order valence-corrected chi connectivity index (χ3v) is 3.39. The van der Waals surface area contributed by atoms with Crippen molar-refractivity contribution in [2.75, 3.05) is 6.26 Å². The van der Waals surface area contributed by atoms with Crippen molar-refractivity contribution in [3.05, 3.63) is 28.8 Å².